The lowest BCUT2D eigenvalue weighted by Gasteiger charge is -2.38. The minimum atomic E-state index is -3.83. The summed E-state index contributed by atoms with van der Waals surface area (Å²) in [6, 6.07) is 15.3. The van der Waals surface area contributed by atoms with Gasteiger partial charge in [-0.15, -0.1) is 0 Å². The predicted octanol–water partition coefficient (Wildman–Crippen LogP) is 2.51. The van der Waals surface area contributed by atoms with Gasteiger partial charge in [0.15, 0.2) is 0 Å². The molecule has 1 aliphatic rings. The number of carbonyl (C=O) groups excluding carboxylic acids is 1. The Morgan fingerprint density at radius 1 is 1.17 bits per heavy atom. The Kier molecular flexibility index (Phi) is 6.56. The fraction of sp³-hybridized carbons (Fsp3) is 0.381. The van der Waals surface area contributed by atoms with E-state index in [0.29, 0.717) is 25.4 Å². The highest BCUT2D eigenvalue weighted by molar-refractivity contribution is 7.89. The van der Waals surface area contributed by atoms with E-state index in [4.69, 9.17) is 14.2 Å². The van der Waals surface area contributed by atoms with Crippen LogP contribution >= 0.6 is 0 Å². The van der Waals surface area contributed by atoms with Crippen molar-refractivity contribution in [3.8, 4) is 5.75 Å². The van der Waals surface area contributed by atoms with Crippen molar-refractivity contribution in [3.63, 3.8) is 0 Å². The standard InChI is InChI=1S/C21H25NO6S/c1-21(20(23)26-2)15-27-13-12-19(21)22-29(24,25)18-10-8-17(9-11-18)28-14-16-6-4-3-5-7-16/h3-11,19,22H,12-15H2,1-2H3. The van der Waals surface area contributed by atoms with Gasteiger partial charge in [0.05, 0.1) is 18.6 Å². The average molecular weight is 419 g/mol. The summed E-state index contributed by atoms with van der Waals surface area (Å²) in [6.07, 6.45) is 0.378. The van der Waals surface area contributed by atoms with E-state index >= 15 is 0 Å². The van der Waals surface area contributed by atoms with Crippen LogP contribution in [-0.2, 0) is 30.9 Å². The van der Waals surface area contributed by atoms with Crippen molar-refractivity contribution in [3.05, 3.63) is 60.2 Å². The van der Waals surface area contributed by atoms with Crippen molar-refractivity contribution < 1.29 is 27.4 Å². The molecule has 0 aromatic heterocycles. The molecule has 2 atom stereocenters. The Bertz CT molecular complexity index is 929. The molecule has 8 heteroatoms. The molecule has 2 aromatic rings. The number of hydrogen-bond donors (Lipinski definition) is 1. The average Bonchev–Trinajstić information content (AvgIpc) is 2.74. The largest absolute Gasteiger partial charge is 0.489 e. The quantitative estimate of drug-likeness (QED) is 0.694. The molecule has 2 unspecified atom stereocenters. The summed E-state index contributed by atoms with van der Waals surface area (Å²) in [6.45, 7) is 2.50. The van der Waals surface area contributed by atoms with Crippen LogP contribution in [0.1, 0.15) is 18.9 Å². The molecule has 0 spiro atoms. The van der Waals surface area contributed by atoms with Gasteiger partial charge in [0.1, 0.15) is 17.8 Å². The van der Waals surface area contributed by atoms with Crippen LogP contribution in [0.3, 0.4) is 0 Å². The maximum Gasteiger partial charge on any atom is 0.315 e. The predicted molar refractivity (Wildman–Crippen MR) is 107 cm³/mol. The van der Waals surface area contributed by atoms with Crippen molar-refractivity contribution >= 4 is 16.0 Å². The number of sulfonamides is 1. The van der Waals surface area contributed by atoms with E-state index in [1.807, 2.05) is 30.3 Å². The van der Waals surface area contributed by atoms with Gasteiger partial charge in [-0.1, -0.05) is 30.3 Å². The first-order chi connectivity index (χ1) is 13.8. The molecular formula is C21H25NO6S. The first-order valence-electron chi connectivity index (χ1n) is 9.30. The molecule has 1 N–H and O–H groups in total. The Hall–Kier alpha value is -2.42. The van der Waals surface area contributed by atoms with Crippen molar-refractivity contribution in [1.29, 1.82) is 0 Å². The second-order valence-corrected chi connectivity index (χ2v) is 8.88. The van der Waals surface area contributed by atoms with Crippen molar-refractivity contribution in [2.45, 2.75) is 30.9 Å². The molecule has 3 rings (SSSR count). The third kappa shape index (κ3) is 4.95. The normalized spacial score (nSPS) is 22.1. The van der Waals surface area contributed by atoms with E-state index in [2.05, 4.69) is 4.72 Å². The SMILES string of the molecule is COC(=O)C1(C)COCCC1NS(=O)(=O)c1ccc(OCc2ccccc2)cc1. The van der Waals surface area contributed by atoms with Crippen LogP contribution in [0.5, 0.6) is 5.75 Å². The van der Waals surface area contributed by atoms with Crippen molar-refractivity contribution in [2.24, 2.45) is 5.41 Å². The third-order valence-electron chi connectivity index (χ3n) is 5.05. The molecule has 2 aromatic carbocycles. The van der Waals surface area contributed by atoms with Gasteiger partial charge >= 0.3 is 5.97 Å². The van der Waals surface area contributed by atoms with Gasteiger partial charge in [-0.3, -0.25) is 4.79 Å². The fourth-order valence-corrected chi connectivity index (χ4v) is 4.62. The Balaban J connectivity index is 1.69. The minimum absolute atomic E-state index is 0.0964. The Morgan fingerprint density at radius 2 is 1.86 bits per heavy atom. The lowest BCUT2D eigenvalue weighted by atomic mass is 9.80. The second-order valence-electron chi connectivity index (χ2n) is 7.17. The summed E-state index contributed by atoms with van der Waals surface area (Å²) in [5.41, 5.74) is -0.0637. The highest BCUT2D eigenvalue weighted by Gasteiger charge is 2.46. The molecular weight excluding hydrogens is 394 g/mol. The molecule has 1 aliphatic heterocycles. The fourth-order valence-electron chi connectivity index (χ4n) is 3.24. The maximum absolute atomic E-state index is 12.8. The van der Waals surface area contributed by atoms with Gasteiger partial charge < -0.3 is 14.2 Å². The third-order valence-corrected chi connectivity index (χ3v) is 6.54. The lowest BCUT2D eigenvalue weighted by molar-refractivity contribution is -0.161. The number of carbonyl (C=O) groups is 1. The highest BCUT2D eigenvalue weighted by Crippen LogP contribution is 2.31. The number of benzene rings is 2. The summed E-state index contributed by atoms with van der Waals surface area (Å²) in [4.78, 5) is 12.3. The number of hydrogen-bond acceptors (Lipinski definition) is 6. The van der Waals surface area contributed by atoms with E-state index in [-0.39, 0.29) is 11.5 Å². The molecule has 0 radical (unpaired) electrons. The van der Waals surface area contributed by atoms with Crippen LogP contribution in [0, 0.1) is 5.41 Å². The highest BCUT2D eigenvalue weighted by atomic mass is 32.2. The van der Waals surface area contributed by atoms with Gasteiger partial charge in [-0.2, -0.15) is 0 Å². The van der Waals surface area contributed by atoms with Gasteiger partial charge in [0, 0.05) is 12.6 Å². The van der Waals surface area contributed by atoms with Gasteiger partial charge in [0.2, 0.25) is 10.0 Å². The zero-order chi connectivity index (χ0) is 20.9. The number of nitrogens with one attached hydrogen (secondary N) is 1. The summed E-state index contributed by atoms with van der Waals surface area (Å²) in [5.74, 6) is 0.0628. The molecule has 1 saturated heterocycles. The van der Waals surface area contributed by atoms with Gasteiger partial charge in [-0.25, -0.2) is 13.1 Å². The van der Waals surface area contributed by atoms with E-state index < -0.39 is 27.4 Å². The maximum atomic E-state index is 12.8. The molecule has 29 heavy (non-hydrogen) atoms. The molecule has 7 nitrogen and oxygen atoms in total. The zero-order valence-corrected chi connectivity index (χ0v) is 17.3. The van der Waals surface area contributed by atoms with Crippen LogP contribution in [0.15, 0.2) is 59.5 Å². The van der Waals surface area contributed by atoms with E-state index in [1.165, 1.54) is 19.2 Å². The number of methoxy groups -OCH3 is 1. The summed E-state index contributed by atoms with van der Waals surface area (Å²) in [7, 11) is -2.55. The molecule has 0 saturated carbocycles. The summed E-state index contributed by atoms with van der Waals surface area (Å²) in [5, 5.41) is 0. The first-order valence-corrected chi connectivity index (χ1v) is 10.8. The topological polar surface area (TPSA) is 90.9 Å². The molecule has 0 aliphatic carbocycles. The molecule has 156 valence electrons. The Morgan fingerprint density at radius 3 is 2.52 bits per heavy atom. The summed E-state index contributed by atoms with van der Waals surface area (Å²) < 4.78 is 44.3. The van der Waals surface area contributed by atoms with Crippen LogP contribution in [-0.4, -0.2) is 40.8 Å². The van der Waals surface area contributed by atoms with Gasteiger partial charge in [0.25, 0.3) is 0 Å². The molecule has 1 fully saturated rings. The summed E-state index contributed by atoms with van der Waals surface area (Å²) >= 11 is 0. The van der Waals surface area contributed by atoms with E-state index in [9.17, 15) is 13.2 Å². The molecule has 0 amide bonds. The zero-order valence-electron chi connectivity index (χ0n) is 16.5. The minimum Gasteiger partial charge on any atom is -0.489 e. The van der Waals surface area contributed by atoms with Gasteiger partial charge in [-0.05, 0) is 43.2 Å². The number of rotatable bonds is 7. The molecule has 0 bridgehead atoms. The van der Waals surface area contributed by atoms with E-state index in [1.54, 1.807) is 19.1 Å². The monoisotopic (exact) mass is 419 g/mol. The van der Waals surface area contributed by atoms with Crippen LogP contribution in [0.2, 0.25) is 0 Å². The smallest absolute Gasteiger partial charge is 0.315 e. The van der Waals surface area contributed by atoms with E-state index in [0.717, 1.165) is 5.56 Å². The number of esters is 1. The van der Waals surface area contributed by atoms with Crippen LogP contribution in [0.4, 0.5) is 0 Å². The Labute approximate surface area is 171 Å². The van der Waals surface area contributed by atoms with Crippen molar-refractivity contribution in [1.82, 2.24) is 4.72 Å². The van der Waals surface area contributed by atoms with Crippen LogP contribution in [0.25, 0.3) is 0 Å². The molecule has 1 heterocycles. The second kappa shape index (κ2) is 8.94. The van der Waals surface area contributed by atoms with Crippen LogP contribution < -0.4 is 9.46 Å². The van der Waals surface area contributed by atoms with Crippen molar-refractivity contribution in [2.75, 3.05) is 20.3 Å². The first kappa shape index (κ1) is 21.3. The number of ether oxygens (including phenoxy) is 3. The lowest BCUT2D eigenvalue weighted by Crippen LogP contribution is -2.56.